The van der Waals surface area contributed by atoms with Crippen molar-refractivity contribution in [2.45, 2.75) is 52.0 Å². The van der Waals surface area contributed by atoms with Crippen LogP contribution in [-0.2, 0) is 14.4 Å². The van der Waals surface area contributed by atoms with Crippen LogP contribution in [0.3, 0.4) is 0 Å². The van der Waals surface area contributed by atoms with Gasteiger partial charge in [-0.2, -0.15) is 5.10 Å². The number of carbonyl (C=O) groups is 3. The molecule has 2 atom stereocenters. The SMILES string of the molecule is CC(C)n1ncc2cc(NC(=O)CCN3C(=O)[C@H]4CCCC[C@@H]4C3=O)cnc21. The number of nitrogens with one attached hydrogen (secondary N) is 1. The lowest BCUT2D eigenvalue weighted by molar-refractivity contribution is -0.140. The molecule has 2 aromatic rings. The number of nitrogens with zero attached hydrogens (tertiary/aromatic N) is 4. The first-order chi connectivity index (χ1) is 13.5. The molecule has 1 saturated carbocycles. The average molecular weight is 383 g/mol. The maximum absolute atomic E-state index is 12.5. The molecule has 1 aliphatic carbocycles. The van der Waals surface area contributed by atoms with E-state index in [9.17, 15) is 14.4 Å². The van der Waals surface area contributed by atoms with Crippen molar-refractivity contribution in [1.29, 1.82) is 0 Å². The first kappa shape index (κ1) is 18.6. The third kappa shape index (κ3) is 3.27. The highest BCUT2D eigenvalue weighted by molar-refractivity contribution is 6.05. The second-order valence-corrected chi connectivity index (χ2v) is 7.94. The third-order valence-electron chi connectivity index (χ3n) is 5.70. The van der Waals surface area contributed by atoms with E-state index in [1.807, 2.05) is 24.6 Å². The van der Waals surface area contributed by atoms with Crippen LogP contribution in [0.2, 0.25) is 0 Å². The largest absolute Gasteiger partial charge is 0.325 e. The summed E-state index contributed by atoms with van der Waals surface area (Å²) >= 11 is 0. The van der Waals surface area contributed by atoms with E-state index < -0.39 is 0 Å². The van der Waals surface area contributed by atoms with Crippen LogP contribution in [0.4, 0.5) is 5.69 Å². The molecule has 4 rings (SSSR count). The van der Waals surface area contributed by atoms with Gasteiger partial charge < -0.3 is 5.32 Å². The molecule has 2 aliphatic rings. The van der Waals surface area contributed by atoms with Gasteiger partial charge in [0.2, 0.25) is 17.7 Å². The number of pyridine rings is 1. The van der Waals surface area contributed by atoms with Gasteiger partial charge in [0, 0.05) is 24.4 Å². The minimum Gasteiger partial charge on any atom is -0.325 e. The van der Waals surface area contributed by atoms with Crippen molar-refractivity contribution >= 4 is 34.4 Å². The van der Waals surface area contributed by atoms with E-state index in [1.54, 1.807) is 12.4 Å². The Labute approximate surface area is 163 Å². The lowest BCUT2D eigenvalue weighted by Crippen LogP contribution is -2.34. The number of anilines is 1. The quantitative estimate of drug-likeness (QED) is 0.800. The average Bonchev–Trinajstić information content (AvgIpc) is 3.20. The lowest BCUT2D eigenvalue weighted by atomic mass is 9.81. The van der Waals surface area contributed by atoms with E-state index in [4.69, 9.17) is 0 Å². The van der Waals surface area contributed by atoms with Gasteiger partial charge in [-0.05, 0) is 32.8 Å². The van der Waals surface area contributed by atoms with Gasteiger partial charge in [-0.15, -0.1) is 0 Å². The fourth-order valence-corrected chi connectivity index (χ4v) is 4.27. The number of carbonyl (C=O) groups excluding carboxylic acids is 3. The Kier molecular flexibility index (Phi) is 4.87. The number of aromatic nitrogens is 3. The lowest BCUT2D eigenvalue weighted by Gasteiger charge is -2.19. The molecule has 8 nitrogen and oxygen atoms in total. The fraction of sp³-hybridized carbons (Fsp3) is 0.550. The van der Waals surface area contributed by atoms with Crippen molar-refractivity contribution < 1.29 is 14.4 Å². The molecule has 3 heterocycles. The van der Waals surface area contributed by atoms with Crippen molar-refractivity contribution in [3.63, 3.8) is 0 Å². The smallest absolute Gasteiger partial charge is 0.233 e. The molecular formula is C20H25N5O3. The maximum atomic E-state index is 12.5. The van der Waals surface area contributed by atoms with Crippen LogP contribution in [0.25, 0.3) is 11.0 Å². The van der Waals surface area contributed by atoms with Crippen molar-refractivity contribution in [3.8, 4) is 0 Å². The van der Waals surface area contributed by atoms with Gasteiger partial charge in [-0.25, -0.2) is 9.67 Å². The fourth-order valence-electron chi connectivity index (χ4n) is 4.27. The number of likely N-dealkylation sites (tertiary alicyclic amines) is 1. The predicted octanol–water partition coefficient (Wildman–Crippen LogP) is 2.52. The minimum absolute atomic E-state index is 0.0835. The van der Waals surface area contributed by atoms with E-state index in [1.165, 1.54) is 4.90 Å². The molecule has 1 N–H and O–H groups in total. The Bertz CT molecular complexity index is 911. The highest BCUT2D eigenvalue weighted by atomic mass is 16.2. The number of fused-ring (bicyclic) bond motifs is 2. The Morgan fingerprint density at radius 2 is 1.86 bits per heavy atom. The molecule has 0 radical (unpaired) electrons. The summed E-state index contributed by atoms with van der Waals surface area (Å²) in [6.45, 7) is 4.19. The first-order valence-corrected chi connectivity index (χ1v) is 9.94. The highest BCUT2D eigenvalue weighted by Crippen LogP contribution is 2.38. The van der Waals surface area contributed by atoms with Crippen LogP contribution < -0.4 is 5.32 Å². The van der Waals surface area contributed by atoms with E-state index in [-0.39, 0.29) is 48.6 Å². The monoisotopic (exact) mass is 383 g/mol. The van der Waals surface area contributed by atoms with Crippen molar-refractivity contribution in [2.24, 2.45) is 11.8 Å². The third-order valence-corrected chi connectivity index (χ3v) is 5.70. The summed E-state index contributed by atoms with van der Waals surface area (Å²) in [5.41, 5.74) is 1.34. The molecule has 28 heavy (non-hydrogen) atoms. The zero-order valence-corrected chi connectivity index (χ0v) is 16.2. The molecule has 2 fully saturated rings. The normalized spacial score (nSPS) is 22.2. The first-order valence-electron chi connectivity index (χ1n) is 9.94. The highest BCUT2D eigenvalue weighted by Gasteiger charge is 2.47. The molecule has 0 bridgehead atoms. The number of rotatable bonds is 5. The van der Waals surface area contributed by atoms with Gasteiger partial charge in [-0.3, -0.25) is 19.3 Å². The molecule has 8 heteroatoms. The molecular weight excluding hydrogens is 358 g/mol. The van der Waals surface area contributed by atoms with Gasteiger partial charge in [-0.1, -0.05) is 12.8 Å². The van der Waals surface area contributed by atoms with Crippen LogP contribution in [-0.4, -0.2) is 43.9 Å². The summed E-state index contributed by atoms with van der Waals surface area (Å²) < 4.78 is 1.82. The van der Waals surface area contributed by atoms with Crippen LogP contribution in [0.5, 0.6) is 0 Å². The van der Waals surface area contributed by atoms with E-state index in [0.29, 0.717) is 5.69 Å². The Hall–Kier alpha value is -2.77. The molecule has 3 amide bonds. The summed E-state index contributed by atoms with van der Waals surface area (Å²) in [7, 11) is 0. The van der Waals surface area contributed by atoms with Crippen molar-refractivity contribution in [1.82, 2.24) is 19.7 Å². The Balaban J connectivity index is 1.37. The molecule has 2 aromatic heterocycles. The molecule has 148 valence electrons. The zero-order chi connectivity index (χ0) is 19.8. The van der Waals surface area contributed by atoms with Gasteiger partial charge in [0.15, 0.2) is 5.65 Å². The molecule has 0 unspecified atom stereocenters. The van der Waals surface area contributed by atoms with Crippen LogP contribution in [0, 0.1) is 11.8 Å². The van der Waals surface area contributed by atoms with Gasteiger partial charge in [0.1, 0.15) is 0 Å². The van der Waals surface area contributed by atoms with Gasteiger partial charge in [0.05, 0.1) is 29.9 Å². The second-order valence-electron chi connectivity index (χ2n) is 7.94. The topological polar surface area (TPSA) is 97.2 Å². The van der Waals surface area contributed by atoms with Crippen LogP contribution in [0.15, 0.2) is 18.5 Å². The van der Waals surface area contributed by atoms with Crippen molar-refractivity contribution in [2.75, 3.05) is 11.9 Å². The van der Waals surface area contributed by atoms with Gasteiger partial charge in [0.25, 0.3) is 0 Å². The maximum Gasteiger partial charge on any atom is 0.233 e. The van der Waals surface area contributed by atoms with Crippen molar-refractivity contribution in [3.05, 3.63) is 18.5 Å². The summed E-state index contributed by atoms with van der Waals surface area (Å²) in [6, 6.07) is 2.02. The molecule has 1 saturated heterocycles. The number of hydrogen-bond donors (Lipinski definition) is 1. The number of hydrogen-bond acceptors (Lipinski definition) is 5. The van der Waals surface area contributed by atoms with Crippen LogP contribution >= 0.6 is 0 Å². The second kappa shape index (κ2) is 7.33. The predicted molar refractivity (Wildman–Crippen MR) is 103 cm³/mol. The number of amides is 3. The van der Waals surface area contributed by atoms with Gasteiger partial charge >= 0.3 is 0 Å². The summed E-state index contributed by atoms with van der Waals surface area (Å²) in [5, 5.41) is 7.96. The summed E-state index contributed by atoms with van der Waals surface area (Å²) in [5.74, 6) is -0.798. The van der Waals surface area contributed by atoms with E-state index in [0.717, 1.165) is 36.7 Å². The van der Waals surface area contributed by atoms with E-state index in [2.05, 4.69) is 15.4 Å². The number of imide groups is 1. The summed E-state index contributed by atoms with van der Waals surface area (Å²) in [6.07, 6.45) is 6.97. The standard InChI is InChI=1S/C20H25N5O3/c1-12(2)25-18-13(10-22-25)9-14(11-21-18)23-17(26)7-8-24-19(27)15-5-3-4-6-16(15)20(24)28/h9-12,15-16H,3-8H2,1-2H3,(H,23,26)/t15-,16-/m0/s1. The minimum atomic E-state index is -0.243. The molecule has 1 aliphatic heterocycles. The summed E-state index contributed by atoms with van der Waals surface area (Å²) in [4.78, 5) is 43.0. The Morgan fingerprint density at radius 1 is 1.18 bits per heavy atom. The van der Waals surface area contributed by atoms with Crippen LogP contribution in [0.1, 0.15) is 52.0 Å². The molecule has 0 aromatic carbocycles. The Morgan fingerprint density at radius 3 is 2.50 bits per heavy atom. The van der Waals surface area contributed by atoms with E-state index >= 15 is 0 Å². The molecule has 0 spiro atoms. The zero-order valence-electron chi connectivity index (χ0n) is 16.2.